The van der Waals surface area contributed by atoms with Crippen molar-refractivity contribution in [2.75, 3.05) is 20.1 Å². The zero-order valence-electron chi connectivity index (χ0n) is 11.2. The van der Waals surface area contributed by atoms with Crippen LogP contribution in [0.4, 0.5) is 0 Å². The maximum Gasteiger partial charge on any atom is 0.0192 e. The van der Waals surface area contributed by atoms with Gasteiger partial charge >= 0.3 is 0 Å². The molecule has 0 spiro atoms. The van der Waals surface area contributed by atoms with Crippen molar-refractivity contribution in [3.63, 3.8) is 0 Å². The third-order valence-electron chi connectivity index (χ3n) is 3.99. The van der Waals surface area contributed by atoms with Crippen molar-refractivity contribution in [3.05, 3.63) is 12.7 Å². The summed E-state index contributed by atoms with van der Waals surface area (Å²) in [6.07, 6.45) is 7.49. The number of nitrogens with zero attached hydrogens (tertiary/aromatic N) is 1. The van der Waals surface area contributed by atoms with Crippen LogP contribution in [0, 0.1) is 5.92 Å². The van der Waals surface area contributed by atoms with Crippen molar-refractivity contribution >= 4 is 0 Å². The highest BCUT2D eigenvalue weighted by atomic mass is 15.2. The molecule has 0 heterocycles. The van der Waals surface area contributed by atoms with Gasteiger partial charge in [0.15, 0.2) is 0 Å². The lowest BCUT2D eigenvalue weighted by Gasteiger charge is -2.37. The average Bonchev–Trinajstić information content (AvgIpc) is 2.29. The van der Waals surface area contributed by atoms with Gasteiger partial charge in [-0.3, -0.25) is 4.90 Å². The average molecular weight is 224 g/mol. The van der Waals surface area contributed by atoms with E-state index in [9.17, 15) is 0 Å². The highest BCUT2D eigenvalue weighted by molar-refractivity contribution is 4.81. The molecule has 2 nitrogen and oxygen atoms in total. The number of hydrogen-bond donors (Lipinski definition) is 1. The topological polar surface area (TPSA) is 15.3 Å². The molecule has 1 saturated carbocycles. The monoisotopic (exact) mass is 224 g/mol. The summed E-state index contributed by atoms with van der Waals surface area (Å²) in [5, 5.41) is 3.40. The fourth-order valence-corrected chi connectivity index (χ4v) is 2.55. The van der Waals surface area contributed by atoms with Crippen molar-refractivity contribution < 1.29 is 0 Å². The standard InChI is InChI=1S/C14H28N2/c1-5-10-15-11-13(3)16(4)14-8-6-12(2)7-9-14/h5,12-15H,1,6-11H2,2-4H3. The van der Waals surface area contributed by atoms with E-state index in [1.807, 2.05) is 6.08 Å². The van der Waals surface area contributed by atoms with Crippen molar-refractivity contribution in [2.24, 2.45) is 5.92 Å². The first-order valence-corrected chi connectivity index (χ1v) is 6.68. The molecule has 2 heteroatoms. The summed E-state index contributed by atoms with van der Waals surface area (Å²) in [6.45, 7) is 10.4. The molecule has 1 atom stereocenters. The largest absolute Gasteiger partial charge is 0.312 e. The zero-order valence-corrected chi connectivity index (χ0v) is 11.2. The predicted molar refractivity (Wildman–Crippen MR) is 71.7 cm³/mol. The third kappa shape index (κ3) is 4.26. The fraction of sp³-hybridized carbons (Fsp3) is 0.857. The van der Waals surface area contributed by atoms with Gasteiger partial charge in [0, 0.05) is 25.2 Å². The lowest BCUT2D eigenvalue weighted by molar-refractivity contribution is 0.130. The van der Waals surface area contributed by atoms with E-state index in [1.165, 1.54) is 25.7 Å². The Kier molecular flexibility index (Phi) is 6.07. The summed E-state index contributed by atoms with van der Waals surface area (Å²) in [5.41, 5.74) is 0. The van der Waals surface area contributed by atoms with Crippen LogP contribution in [0.1, 0.15) is 39.5 Å². The van der Waals surface area contributed by atoms with Crippen LogP contribution >= 0.6 is 0 Å². The van der Waals surface area contributed by atoms with E-state index in [0.717, 1.165) is 25.0 Å². The molecule has 0 saturated heterocycles. The van der Waals surface area contributed by atoms with Gasteiger partial charge in [-0.2, -0.15) is 0 Å². The molecule has 1 fully saturated rings. The van der Waals surface area contributed by atoms with Crippen LogP contribution in [0.15, 0.2) is 12.7 Å². The Balaban J connectivity index is 2.26. The van der Waals surface area contributed by atoms with E-state index in [0.29, 0.717) is 6.04 Å². The first kappa shape index (κ1) is 13.7. The van der Waals surface area contributed by atoms with Crippen molar-refractivity contribution in [3.8, 4) is 0 Å². The van der Waals surface area contributed by atoms with Gasteiger partial charge < -0.3 is 5.32 Å². The molecule has 0 aromatic carbocycles. The fourth-order valence-electron chi connectivity index (χ4n) is 2.55. The molecule has 1 rings (SSSR count). The Morgan fingerprint density at radius 3 is 2.56 bits per heavy atom. The SMILES string of the molecule is C=CCNCC(C)N(C)C1CCC(C)CC1. The van der Waals surface area contributed by atoms with Crippen LogP contribution in [-0.4, -0.2) is 37.1 Å². The number of likely N-dealkylation sites (N-methyl/N-ethyl adjacent to an activating group) is 1. The van der Waals surface area contributed by atoms with Crippen LogP contribution in [0.25, 0.3) is 0 Å². The second kappa shape index (κ2) is 7.08. The molecule has 1 N–H and O–H groups in total. The Hall–Kier alpha value is -0.340. The third-order valence-corrected chi connectivity index (χ3v) is 3.99. The lowest BCUT2D eigenvalue weighted by atomic mass is 9.86. The summed E-state index contributed by atoms with van der Waals surface area (Å²) in [5.74, 6) is 0.943. The molecule has 0 aromatic heterocycles. The van der Waals surface area contributed by atoms with Crippen LogP contribution in [0.5, 0.6) is 0 Å². The maximum atomic E-state index is 3.72. The van der Waals surface area contributed by atoms with Gasteiger partial charge in [-0.1, -0.05) is 13.0 Å². The van der Waals surface area contributed by atoms with Crippen LogP contribution in [0.2, 0.25) is 0 Å². The van der Waals surface area contributed by atoms with E-state index in [4.69, 9.17) is 0 Å². The van der Waals surface area contributed by atoms with Gasteiger partial charge in [0.05, 0.1) is 0 Å². The van der Waals surface area contributed by atoms with E-state index in [2.05, 4.69) is 37.7 Å². The van der Waals surface area contributed by atoms with Crippen molar-refractivity contribution in [1.29, 1.82) is 0 Å². The van der Waals surface area contributed by atoms with E-state index >= 15 is 0 Å². The molecule has 1 unspecified atom stereocenters. The van der Waals surface area contributed by atoms with Crippen molar-refractivity contribution in [2.45, 2.75) is 51.6 Å². The highest BCUT2D eigenvalue weighted by Gasteiger charge is 2.24. The molecular formula is C14H28N2. The summed E-state index contributed by atoms with van der Waals surface area (Å²) in [7, 11) is 2.28. The Labute approximate surface area is 101 Å². The summed E-state index contributed by atoms with van der Waals surface area (Å²) >= 11 is 0. The summed E-state index contributed by atoms with van der Waals surface area (Å²) < 4.78 is 0. The minimum absolute atomic E-state index is 0.623. The second-order valence-electron chi connectivity index (χ2n) is 5.38. The van der Waals surface area contributed by atoms with Crippen LogP contribution in [0.3, 0.4) is 0 Å². The number of nitrogens with one attached hydrogen (secondary N) is 1. The van der Waals surface area contributed by atoms with Gasteiger partial charge in [0.25, 0.3) is 0 Å². The van der Waals surface area contributed by atoms with Gasteiger partial charge in [-0.15, -0.1) is 6.58 Å². The molecule has 0 radical (unpaired) electrons. The van der Waals surface area contributed by atoms with E-state index in [-0.39, 0.29) is 0 Å². The predicted octanol–water partition coefficient (Wildman–Crippen LogP) is 2.66. The summed E-state index contributed by atoms with van der Waals surface area (Å²) in [6, 6.07) is 1.43. The molecule has 94 valence electrons. The Morgan fingerprint density at radius 2 is 2.00 bits per heavy atom. The van der Waals surface area contributed by atoms with Crippen molar-refractivity contribution in [1.82, 2.24) is 10.2 Å². The molecule has 1 aliphatic rings. The normalized spacial score (nSPS) is 28.0. The minimum Gasteiger partial charge on any atom is -0.312 e. The van der Waals surface area contributed by atoms with Gasteiger partial charge in [0.2, 0.25) is 0 Å². The molecule has 16 heavy (non-hydrogen) atoms. The second-order valence-corrected chi connectivity index (χ2v) is 5.38. The molecular weight excluding hydrogens is 196 g/mol. The maximum absolute atomic E-state index is 3.72. The van der Waals surface area contributed by atoms with Gasteiger partial charge in [0.1, 0.15) is 0 Å². The van der Waals surface area contributed by atoms with Gasteiger partial charge in [-0.05, 0) is 45.6 Å². The summed E-state index contributed by atoms with van der Waals surface area (Å²) in [4.78, 5) is 2.56. The van der Waals surface area contributed by atoms with Crippen LogP contribution < -0.4 is 5.32 Å². The van der Waals surface area contributed by atoms with E-state index < -0.39 is 0 Å². The van der Waals surface area contributed by atoms with Gasteiger partial charge in [-0.25, -0.2) is 0 Å². The quantitative estimate of drug-likeness (QED) is 0.551. The first-order valence-electron chi connectivity index (χ1n) is 6.68. The van der Waals surface area contributed by atoms with Crippen LogP contribution in [-0.2, 0) is 0 Å². The highest BCUT2D eigenvalue weighted by Crippen LogP contribution is 2.27. The first-order chi connectivity index (χ1) is 7.65. The number of hydrogen-bond acceptors (Lipinski definition) is 2. The smallest absolute Gasteiger partial charge is 0.0192 e. The van der Waals surface area contributed by atoms with E-state index in [1.54, 1.807) is 0 Å². The molecule has 0 aromatic rings. The molecule has 1 aliphatic carbocycles. The molecule has 0 amide bonds. The number of rotatable bonds is 6. The lowest BCUT2D eigenvalue weighted by Crippen LogP contribution is -2.45. The zero-order chi connectivity index (χ0) is 12.0. The molecule has 0 bridgehead atoms. The Bertz CT molecular complexity index is 195. The minimum atomic E-state index is 0.623. The Morgan fingerprint density at radius 1 is 1.38 bits per heavy atom. The molecule has 0 aliphatic heterocycles.